The molecule has 1 radical (unpaired) electrons. The molecule has 0 fully saturated rings. The van der Waals surface area contributed by atoms with Gasteiger partial charge >= 0.3 is 21.7 Å². The van der Waals surface area contributed by atoms with Crippen LogP contribution in [0.15, 0.2) is 24.3 Å². The number of anilines is 1. The molecular weight excluding hydrogens is 349 g/mol. The van der Waals surface area contributed by atoms with Crippen LogP contribution in [0.3, 0.4) is 0 Å². The molecule has 0 bridgehead atoms. The summed E-state index contributed by atoms with van der Waals surface area (Å²) in [5, 5.41) is 16.9. The number of hydrogen-bond acceptors (Lipinski definition) is 2. The van der Waals surface area contributed by atoms with Crippen molar-refractivity contribution in [2.24, 2.45) is 0 Å². The Hall–Kier alpha value is -0.229. The molecule has 0 unspecified atom stereocenters. The summed E-state index contributed by atoms with van der Waals surface area (Å²) in [5.74, 6) is -0.338. The molecule has 1 aliphatic heterocycles. The average Bonchev–Trinajstić information content (AvgIpc) is 2.65. The van der Waals surface area contributed by atoms with E-state index in [1.54, 1.807) is 0 Å². The number of rotatable bonds is 2. The standard InChI is InChI=1S/C13H14NO2Si.2ClH.Ti/c1-17(2)10-5-3-4-8-6-9(13(17)12(8)10)14-11(16)7-15;;;/h3-6,15H,7H2,1-2H3,(H,14,16);2*1H;/q-1;;;+3/p-2. The van der Waals surface area contributed by atoms with Gasteiger partial charge in [0.05, 0.1) is 0 Å². The number of aliphatic hydroxyl groups excluding tert-OH is 1. The zero-order valence-corrected chi connectivity index (χ0v) is 15.2. The van der Waals surface area contributed by atoms with Gasteiger partial charge in [0.25, 0.3) is 0 Å². The van der Waals surface area contributed by atoms with E-state index in [2.05, 4.69) is 36.6 Å². The van der Waals surface area contributed by atoms with E-state index in [9.17, 15) is 4.79 Å². The molecular formula is C13H14Cl2NO2SiTi. The number of amides is 1. The summed E-state index contributed by atoms with van der Waals surface area (Å²) in [4.78, 5) is 11.3. The minimum Gasteiger partial charge on any atom is -1.00 e. The summed E-state index contributed by atoms with van der Waals surface area (Å²) >= 11 is 0. The van der Waals surface area contributed by atoms with Crippen LogP contribution in [0.2, 0.25) is 13.1 Å². The van der Waals surface area contributed by atoms with Gasteiger partial charge in [0.15, 0.2) is 0 Å². The Kier molecular flexibility index (Phi) is 6.61. The molecule has 0 aliphatic carbocycles. The van der Waals surface area contributed by atoms with Crippen LogP contribution in [0.1, 0.15) is 0 Å². The topological polar surface area (TPSA) is 49.3 Å². The zero-order valence-electron chi connectivity index (χ0n) is 11.1. The molecule has 105 valence electrons. The van der Waals surface area contributed by atoms with Gasteiger partial charge < -0.3 is 35.2 Å². The maximum Gasteiger partial charge on any atom is 3.00 e. The fraction of sp³-hybridized carbons (Fsp3) is 0.231. The summed E-state index contributed by atoms with van der Waals surface area (Å²) in [7, 11) is -1.54. The molecule has 2 aromatic rings. The Morgan fingerprint density at radius 1 is 1.35 bits per heavy atom. The van der Waals surface area contributed by atoms with Crippen LogP contribution in [-0.2, 0) is 26.5 Å². The number of halogens is 2. The smallest absolute Gasteiger partial charge is 1.00 e. The SMILES string of the molecule is C[Si]1(C)c2cccc3[cH-]c(NC(=O)CO)c1c23.[Cl-].[Cl-].[Ti+3]. The Morgan fingerprint density at radius 3 is 2.60 bits per heavy atom. The number of hydrogen-bond donors (Lipinski definition) is 2. The summed E-state index contributed by atoms with van der Waals surface area (Å²) < 4.78 is 0. The zero-order chi connectivity index (χ0) is 12.2. The van der Waals surface area contributed by atoms with E-state index >= 15 is 0 Å². The van der Waals surface area contributed by atoms with Crippen molar-refractivity contribution in [3.63, 3.8) is 0 Å². The summed E-state index contributed by atoms with van der Waals surface area (Å²) in [6.45, 7) is 4.12. The van der Waals surface area contributed by atoms with Gasteiger partial charge in [-0.2, -0.15) is 0 Å². The first-order valence-electron chi connectivity index (χ1n) is 5.70. The van der Waals surface area contributed by atoms with Crippen molar-refractivity contribution in [2.45, 2.75) is 13.1 Å². The number of carbonyl (C=O) groups is 1. The monoisotopic (exact) mass is 362 g/mol. The van der Waals surface area contributed by atoms with Crippen molar-refractivity contribution < 1.29 is 56.4 Å². The van der Waals surface area contributed by atoms with Crippen molar-refractivity contribution in [3.05, 3.63) is 24.3 Å². The number of nitrogens with one attached hydrogen (secondary N) is 1. The van der Waals surface area contributed by atoms with Gasteiger partial charge in [-0.25, -0.2) is 0 Å². The van der Waals surface area contributed by atoms with Crippen LogP contribution < -0.4 is 40.5 Å². The summed E-state index contributed by atoms with van der Waals surface area (Å²) in [6, 6.07) is 8.36. The van der Waals surface area contributed by atoms with Crippen LogP contribution in [0.25, 0.3) is 10.8 Å². The van der Waals surface area contributed by atoms with Crippen molar-refractivity contribution in [1.82, 2.24) is 0 Å². The Balaban J connectivity index is 0.00000120. The van der Waals surface area contributed by atoms with E-state index < -0.39 is 14.7 Å². The second-order valence-corrected chi connectivity index (χ2v) is 9.32. The van der Waals surface area contributed by atoms with Crippen molar-refractivity contribution >= 4 is 40.8 Å². The quantitative estimate of drug-likeness (QED) is 0.414. The molecule has 1 amide bonds. The predicted octanol–water partition coefficient (Wildman–Crippen LogP) is -5.37. The fourth-order valence-corrected chi connectivity index (χ4v) is 6.06. The van der Waals surface area contributed by atoms with Crippen molar-refractivity contribution in [1.29, 1.82) is 0 Å². The van der Waals surface area contributed by atoms with E-state index in [4.69, 9.17) is 5.11 Å². The van der Waals surface area contributed by atoms with E-state index in [1.807, 2.05) is 6.07 Å². The van der Waals surface area contributed by atoms with Crippen LogP contribution in [-0.4, -0.2) is 25.7 Å². The molecule has 3 rings (SSSR count). The second kappa shape index (κ2) is 6.69. The third-order valence-corrected chi connectivity index (χ3v) is 7.16. The molecule has 7 heteroatoms. The Morgan fingerprint density at radius 2 is 2.00 bits per heavy atom. The number of benzene rings is 1. The van der Waals surface area contributed by atoms with Crippen LogP contribution in [0.5, 0.6) is 0 Å². The third-order valence-electron chi connectivity index (χ3n) is 3.63. The average molecular weight is 363 g/mol. The van der Waals surface area contributed by atoms with E-state index in [1.165, 1.54) is 21.1 Å². The van der Waals surface area contributed by atoms with Gasteiger partial charge in [0.1, 0.15) is 6.61 Å². The van der Waals surface area contributed by atoms with Gasteiger partial charge in [-0.1, -0.05) is 19.2 Å². The normalized spacial score (nSPS) is 13.3. The molecule has 0 aromatic heterocycles. The molecule has 3 nitrogen and oxygen atoms in total. The van der Waals surface area contributed by atoms with Crippen molar-refractivity contribution in [3.8, 4) is 0 Å². The van der Waals surface area contributed by atoms with Gasteiger partial charge in [0, 0.05) is 8.07 Å². The summed E-state index contributed by atoms with van der Waals surface area (Å²) in [6.07, 6.45) is 0. The van der Waals surface area contributed by atoms with E-state index in [-0.39, 0.29) is 52.4 Å². The fourth-order valence-electron chi connectivity index (χ4n) is 2.86. The Bertz CT molecular complexity index is 643. The molecule has 20 heavy (non-hydrogen) atoms. The van der Waals surface area contributed by atoms with E-state index in [0.29, 0.717) is 0 Å². The van der Waals surface area contributed by atoms with Gasteiger partial charge in [-0.3, -0.25) is 4.79 Å². The van der Waals surface area contributed by atoms with Gasteiger partial charge in [-0.15, -0.1) is 39.3 Å². The molecule has 1 heterocycles. The minimum absolute atomic E-state index is 0. The minimum atomic E-state index is -1.54. The molecule has 0 spiro atoms. The summed E-state index contributed by atoms with van der Waals surface area (Å²) in [5.41, 5.74) is 0.898. The first-order valence-corrected chi connectivity index (χ1v) is 8.70. The maximum atomic E-state index is 11.3. The third kappa shape index (κ3) is 2.61. The second-order valence-electron chi connectivity index (χ2n) is 5.03. The molecule has 2 aromatic carbocycles. The van der Waals surface area contributed by atoms with Crippen LogP contribution >= 0.6 is 0 Å². The van der Waals surface area contributed by atoms with Gasteiger partial charge in [-0.05, 0) is 5.69 Å². The molecule has 1 aliphatic rings. The molecule has 0 saturated heterocycles. The molecule has 0 atom stereocenters. The Labute approximate surface area is 146 Å². The largest absolute Gasteiger partial charge is 3.00 e. The predicted molar refractivity (Wildman–Crippen MR) is 72.0 cm³/mol. The molecule has 0 saturated carbocycles. The maximum absolute atomic E-state index is 11.3. The molecule has 2 N–H and O–H groups in total. The number of aliphatic hydroxyl groups is 1. The van der Waals surface area contributed by atoms with Gasteiger partial charge in [0.2, 0.25) is 5.91 Å². The van der Waals surface area contributed by atoms with Crippen LogP contribution in [0, 0.1) is 0 Å². The van der Waals surface area contributed by atoms with Crippen molar-refractivity contribution in [2.75, 3.05) is 11.9 Å². The van der Waals surface area contributed by atoms with E-state index in [0.717, 1.165) is 5.69 Å². The first-order chi connectivity index (χ1) is 8.05. The first kappa shape index (κ1) is 19.8. The number of carbonyl (C=O) groups excluding carboxylic acids is 1. The van der Waals surface area contributed by atoms with Crippen LogP contribution in [0.4, 0.5) is 5.69 Å².